The second-order valence-electron chi connectivity index (χ2n) is 3.77. The van der Waals surface area contributed by atoms with Gasteiger partial charge in [0, 0.05) is 11.1 Å². The van der Waals surface area contributed by atoms with Gasteiger partial charge in [0.05, 0.1) is 0 Å². The number of halogens is 2. The van der Waals surface area contributed by atoms with Crippen LogP contribution in [0.2, 0.25) is 5.02 Å². The lowest BCUT2D eigenvalue weighted by atomic mass is 10.0. The molecule has 0 aliphatic heterocycles. The molecule has 2 N–H and O–H groups in total. The first kappa shape index (κ1) is 12.5. The van der Waals surface area contributed by atoms with Crippen molar-refractivity contribution in [2.45, 2.75) is 38.6 Å². The van der Waals surface area contributed by atoms with Crippen molar-refractivity contribution in [3.63, 3.8) is 0 Å². The Labute approximate surface area is 95.4 Å². The van der Waals surface area contributed by atoms with Crippen LogP contribution in [0.3, 0.4) is 0 Å². The van der Waals surface area contributed by atoms with Crippen LogP contribution in [0.5, 0.6) is 0 Å². The average Bonchev–Trinajstić information content (AvgIpc) is 2.22. The van der Waals surface area contributed by atoms with Gasteiger partial charge >= 0.3 is 0 Å². The molecule has 84 valence electrons. The van der Waals surface area contributed by atoms with Crippen LogP contribution in [0.4, 0.5) is 4.39 Å². The van der Waals surface area contributed by atoms with Crippen molar-refractivity contribution >= 4 is 11.6 Å². The average molecular weight is 230 g/mol. The molecule has 1 aromatic rings. The van der Waals surface area contributed by atoms with Gasteiger partial charge in [-0.2, -0.15) is 0 Å². The van der Waals surface area contributed by atoms with Gasteiger partial charge < -0.3 is 5.73 Å². The van der Waals surface area contributed by atoms with Crippen LogP contribution >= 0.6 is 11.6 Å². The molecular formula is C12H17ClFN. The largest absolute Gasteiger partial charge is 0.324 e. The minimum atomic E-state index is -0.277. The molecule has 1 aromatic carbocycles. The third-order valence-corrected chi connectivity index (χ3v) is 2.82. The molecule has 1 atom stereocenters. The molecule has 0 saturated heterocycles. The molecule has 0 heterocycles. The molecule has 0 aliphatic rings. The first-order chi connectivity index (χ1) is 7.15. The normalized spacial score (nSPS) is 12.8. The van der Waals surface area contributed by atoms with Crippen molar-refractivity contribution < 1.29 is 4.39 Å². The van der Waals surface area contributed by atoms with E-state index in [0.717, 1.165) is 25.7 Å². The van der Waals surface area contributed by atoms with Crippen LogP contribution in [0.15, 0.2) is 18.2 Å². The van der Waals surface area contributed by atoms with Gasteiger partial charge in [0.15, 0.2) is 0 Å². The number of hydrogen-bond donors (Lipinski definition) is 1. The number of benzene rings is 1. The minimum Gasteiger partial charge on any atom is -0.324 e. The number of hydrogen-bond acceptors (Lipinski definition) is 1. The van der Waals surface area contributed by atoms with Crippen LogP contribution in [0.25, 0.3) is 0 Å². The fourth-order valence-corrected chi connectivity index (χ4v) is 1.83. The van der Waals surface area contributed by atoms with E-state index in [1.807, 2.05) is 0 Å². The number of nitrogens with two attached hydrogens (primary N) is 1. The monoisotopic (exact) mass is 229 g/mol. The van der Waals surface area contributed by atoms with E-state index in [4.69, 9.17) is 17.3 Å². The Bertz CT molecular complexity index is 314. The van der Waals surface area contributed by atoms with Crippen LogP contribution in [0.1, 0.15) is 44.2 Å². The maximum Gasteiger partial charge on any atom is 0.123 e. The Morgan fingerprint density at radius 2 is 2.13 bits per heavy atom. The van der Waals surface area contributed by atoms with Crippen molar-refractivity contribution in [3.8, 4) is 0 Å². The Balaban J connectivity index is 2.64. The molecule has 0 aliphatic carbocycles. The van der Waals surface area contributed by atoms with Gasteiger partial charge in [-0.05, 0) is 30.2 Å². The molecule has 0 saturated carbocycles. The third-order valence-electron chi connectivity index (χ3n) is 2.48. The highest BCUT2D eigenvalue weighted by molar-refractivity contribution is 6.31. The maximum atomic E-state index is 13.0. The van der Waals surface area contributed by atoms with Gasteiger partial charge in [-0.1, -0.05) is 37.8 Å². The van der Waals surface area contributed by atoms with Gasteiger partial charge in [-0.25, -0.2) is 4.39 Å². The summed E-state index contributed by atoms with van der Waals surface area (Å²) in [6.45, 7) is 2.14. The SMILES string of the molecule is CCCCC[C@H](N)c1cc(F)ccc1Cl. The first-order valence-electron chi connectivity index (χ1n) is 5.35. The molecule has 3 heteroatoms. The van der Waals surface area contributed by atoms with E-state index in [-0.39, 0.29) is 11.9 Å². The molecule has 0 fully saturated rings. The Hall–Kier alpha value is -0.600. The summed E-state index contributed by atoms with van der Waals surface area (Å²) in [6, 6.07) is 4.19. The molecule has 0 radical (unpaired) electrons. The summed E-state index contributed by atoms with van der Waals surface area (Å²) >= 11 is 5.96. The summed E-state index contributed by atoms with van der Waals surface area (Å²) in [5.41, 5.74) is 6.67. The molecule has 0 aromatic heterocycles. The van der Waals surface area contributed by atoms with Crippen molar-refractivity contribution in [1.29, 1.82) is 0 Å². The summed E-state index contributed by atoms with van der Waals surface area (Å²) in [7, 11) is 0. The van der Waals surface area contributed by atoms with Gasteiger partial charge in [0.2, 0.25) is 0 Å². The second kappa shape index (κ2) is 6.09. The topological polar surface area (TPSA) is 26.0 Å². The number of rotatable bonds is 5. The highest BCUT2D eigenvalue weighted by Crippen LogP contribution is 2.25. The van der Waals surface area contributed by atoms with Crippen molar-refractivity contribution in [2.75, 3.05) is 0 Å². The molecule has 0 unspecified atom stereocenters. The Morgan fingerprint density at radius 1 is 1.40 bits per heavy atom. The second-order valence-corrected chi connectivity index (χ2v) is 4.18. The predicted octanol–water partition coefficient (Wildman–Crippen LogP) is 4.06. The molecule has 0 bridgehead atoms. The van der Waals surface area contributed by atoms with Crippen molar-refractivity contribution in [2.24, 2.45) is 5.73 Å². The fourth-order valence-electron chi connectivity index (χ4n) is 1.57. The summed E-state index contributed by atoms with van der Waals surface area (Å²) in [6.07, 6.45) is 4.23. The molecule has 0 spiro atoms. The lowest BCUT2D eigenvalue weighted by molar-refractivity contribution is 0.572. The highest BCUT2D eigenvalue weighted by Gasteiger charge is 2.10. The van der Waals surface area contributed by atoms with Crippen molar-refractivity contribution in [1.82, 2.24) is 0 Å². The standard InChI is InChI=1S/C12H17ClFN/c1-2-3-4-5-12(15)10-8-9(14)6-7-11(10)13/h6-8,12H,2-5,15H2,1H3/t12-/m0/s1. The lowest BCUT2D eigenvalue weighted by Crippen LogP contribution is -2.11. The van der Waals surface area contributed by atoms with Crippen molar-refractivity contribution in [3.05, 3.63) is 34.6 Å². The quantitative estimate of drug-likeness (QED) is 0.758. The third kappa shape index (κ3) is 3.80. The van der Waals surface area contributed by atoms with Crippen LogP contribution in [0, 0.1) is 5.82 Å². The zero-order chi connectivity index (χ0) is 11.3. The zero-order valence-corrected chi connectivity index (χ0v) is 9.73. The minimum absolute atomic E-state index is 0.153. The van der Waals surface area contributed by atoms with E-state index in [9.17, 15) is 4.39 Å². The van der Waals surface area contributed by atoms with Gasteiger partial charge in [-0.15, -0.1) is 0 Å². The molecule has 1 nitrogen and oxygen atoms in total. The Kier molecular flexibility index (Phi) is 5.06. The van der Waals surface area contributed by atoms with E-state index in [1.54, 1.807) is 6.07 Å². The maximum absolute atomic E-state index is 13.0. The van der Waals surface area contributed by atoms with E-state index in [2.05, 4.69) is 6.92 Å². The molecule has 0 amide bonds. The number of unbranched alkanes of at least 4 members (excludes halogenated alkanes) is 2. The van der Waals surface area contributed by atoms with Crippen LogP contribution in [-0.4, -0.2) is 0 Å². The summed E-state index contributed by atoms with van der Waals surface area (Å²) in [5.74, 6) is -0.277. The molecular weight excluding hydrogens is 213 g/mol. The molecule has 15 heavy (non-hydrogen) atoms. The van der Waals surface area contributed by atoms with Gasteiger partial charge in [0.1, 0.15) is 5.82 Å². The lowest BCUT2D eigenvalue weighted by Gasteiger charge is -2.13. The first-order valence-corrected chi connectivity index (χ1v) is 5.73. The van der Waals surface area contributed by atoms with Gasteiger partial charge in [-0.3, -0.25) is 0 Å². The molecule has 1 rings (SSSR count). The van der Waals surface area contributed by atoms with E-state index in [1.165, 1.54) is 12.1 Å². The summed E-state index contributed by atoms with van der Waals surface area (Å²) in [4.78, 5) is 0. The van der Waals surface area contributed by atoms with Gasteiger partial charge in [0.25, 0.3) is 0 Å². The highest BCUT2D eigenvalue weighted by atomic mass is 35.5. The Morgan fingerprint density at radius 3 is 2.80 bits per heavy atom. The van der Waals surface area contributed by atoms with E-state index < -0.39 is 0 Å². The summed E-state index contributed by atoms with van der Waals surface area (Å²) in [5, 5.41) is 0.556. The van der Waals surface area contributed by atoms with E-state index in [0.29, 0.717) is 10.6 Å². The predicted molar refractivity (Wildman–Crippen MR) is 62.5 cm³/mol. The summed E-state index contributed by atoms with van der Waals surface area (Å²) < 4.78 is 13.0. The fraction of sp³-hybridized carbons (Fsp3) is 0.500. The zero-order valence-electron chi connectivity index (χ0n) is 8.97. The van der Waals surface area contributed by atoms with E-state index >= 15 is 0 Å². The van der Waals surface area contributed by atoms with Crippen LogP contribution in [-0.2, 0) is 0 Å². The van der Waals surface area contributed by atoms with Crippen LogP contribution < -0.4 is 5.73 Å². The smallest absolute Gasteiger partial charge is 0.123 e.